The molecule has 0 bridgehead atoms. The number of hydrogen-bond donors (Lipinski definition) is 1. The van der Waals surface area contributed by atoms with Gasteiger partial charge in [-0.25, -0.2) is 4.98 Å². The molecule has 4 aromatic rings. The summed E-state index contributed by atoms with van der Waals surface area (Å²) in [4.78, 5) is 34.9. The lowest BCUT2D eigenvalue weighted by atomic mass is 10.1. The van der Waals surface area contributed by atoms with Crippen molar-refractivity contribution in [2.75, 3.05) is 13.6 Å². The molecule has 8 nitrogen and oxygen atoms in total. The fourth-order valence-electron chi connectivity index (χ4n) is 3.78. The Morgan fingerprint density at radius 2 is 1.82 bits per heavy atom. The van der Waals surface area contributed by atoms with Crippen molar-refractivity contribution in [3.8, 4) is 0 Å². The van der Waals surface area contributed by atoms with Crippen molar-refractivity contribution in [2.24, 2.45) is 0 Å². The first kappa shape index (κ1) is 23.7. The van der Waals surface area contributed by atoms with Crippen molar-refractivity contribution in [2.45, 2.75) is 19.5 Å². The van der Waals surface area contributed by atoms with E-state index in [9.17, 15) is 9.59 Å². The zero-order valence-electron chi connectivity index (χ0n) is 18.4. The highest BCUT2D eigenvalue weighted by Crippen LogP contribution is 2.23. The molecule has 1 N–H and O–H groups in total. The number of halogens is 2. The van der Waals surface area contributed by atoms with Crippen molar-refractivity contribution in [3.05, 3.63) is 88.0 Å². The van der Waals surface area contributed by atoms with Crippen molar-refractivity contribution in [1.29, 1.82) is 5.41 Å². The molecule has 174 valence electrons. The van der Waals surface area contributed by atoms with E-state index in [0.29, 0.717) is 46.2 Å². The molecule has 4 rings (SSSR count). The molecule has 2 heterocycles. The molecule has 2 aromatic heterocycles. The summed E-state index contributed by atoms with van der Waals surface area (Å²) < 4.78 is 3.42. The topological polar surface area (TPSA) is 96.9 Å². The number of benzene rings is 2. The Balaban J connectivity index is 1.55. The van der Waals surface area contributed by atoms with Crippen LogP contribution in [-0.2, 0) is 13.1 Å². The van der Waals surface area contributed by atoms with E-state index in [-0.39, 0.29) is 29.5 Å². The average Bonchev–Trinajstić information content (AvgIpc) is 3.11. The molecule has 0 saturated carbocycles. The Morgan fingerprint density at radius 1 is 1.06 bits per heavy atom. The van der Waals surface area contributed by atoms with Crippen LogP contribution in [0, 0.1) is 5.41 Å². The van der Waals surface area contributed by atoms with Crippen molar-refractivity contribution >= 4 is 45.9 Å². The van der Waals surface area contributed by atoms with Crippen molar-refractivity contribution in [1.82, 2.24) is 24.0 Å². The fraction of sp³-hybridized carbons (Fsp3) is 0.208. The van der Waals surface area contributed by atoms with E-state index in [4.69, 9.17) is 28.6 Å². The molecule has 0 radical (unpaired) electrons. The molecule has 0 atom stereocenters. The summed E-state index contributed by atoms with van der Waals surface area (Å²) in [5.41, 5.74) is 2.33. The summed E-state index contributed by atoms with van der Waals surface area (Å²) in [6.07, 6.45) is 5.00. The van der Waals surface area contributed by atoms with Crippen LogP contribution in [0.4, 0.5) is 0 Å². The number of Topliss-reactive ketones (excluding diaryl/α,β-unsaturated/α-hetero) is 1. The van der Waals surface area contributed by atoms with E-state index in [1.807, 2.05) is 6.07 Å². The maximum Gasteiger partial charge on any atom is 0.273 e. The van der Waals surface area contributed by atoms with Gasteiger partial charge >= 0.3 is 0 Å². The number of aromatic nitrogens is 4. The van der Waals surface area contributed by atoms with Gasteiger partial charge in [-0.2, -0.15) is 0 Å². The summed E-state index contributed by atoms with van der Waals surface area (Å²) in [7, 11) is 1.70. The molecule has 2 aromatic carbocycles. The molecule has 0 saturated heterocycles. The quantitative estimate of drug-likeness (QED) is 0.372. The van der Waals surface area contributed by atoms with Crippen molar-refractivity contribution in [3.63, 3.8) is 0 Å². The molecule has 0 fully saturated rings. The zero-order valence-corrected chi connectivity index (χ0v) is 19.9. The van der Waals surface area contributed by atoms with Crippen molar-refractivity contribution < 1.29 is 9.59 Å². The second kappa shape index (κ2) is 10.2. The van der Waals surface area contributed by atoms with Crippen LogP contribution >= 0.6 is 23.2 Å². The maximum absolute atomic E-state index is 12.9. The van der Waals surface area contributed by atoms with Gasteiger partial charge in [0.15, 0.2) is 5.78 Å². The van der Waals surface area contributed by atoms with E-state index in [0.717, 1.165) is 0 Å². The van der Waals surface area contributed by atoms with Crippen LogP contribution in [0.1, 0.15) is 27.3 Å². The van der Waals surface area contributed by atoms with Crippen LogP contribution in [0.25, 0.3) is 11.0 Å². The Kier molecular flexibility index (Phi) is 7.09. The molecular formula is C24H22Cl2N6O2. The number of carbonyl (C=O) groups is 2. The van der Waals surface area contributed by atoms with Gasteiger partial charge in [0.1, 0.15) is 5.69 Å². The molecule has 0 aliphatic carbocycles. The molecule has 34 heavy (non-hydrogen) atoms. The van der Waals surface area contributed by atoms with Gasteiger partial charge in [-0.05, 0) is 42.8 Å². The minimum Gasteiger partial charge on any atom is -0.340 e. The molecule has 0 unspecified atom stereocenters. The smallest absolute Gasteiger partial charge is 0.273 e. The van der Waals surface area contributed by atoms with Gasteiger partial charge < -0.3 is 14.0 Å². The number of fused-ring (bicyclic) bond motifs is 1. The van der Waals surface area contributed by atoms with E-state index in [1.54, 1.807) is 57.5 Å². The van der Waals surface area contributed by atoms with Gasteiger partial charge in [0.2, 0.25) is 5.62 Å². The largest absolute Gasteiger partial charge is 0.340 e. The van der Waals surface area contributed by atoms with Crippen LogP contribution in [0.3, 0.4) is 0 Å². The van der Waals surface area contributed by atoms with Crippen LogP contribution < -0.4 is 5.62 Å². The number of hydrogen-bond acceptors (Lipinski definition) is 5. The first-order valence-electron chi connectivity index (χ1n) is 10.6. The molecule has 10 heteroatoms. The predicted octanol–water partition coefficient (Wildman–Crippen LogP) is 4.06. The highest BCUT2D eigenvalue weighted by atomic mass is 35.5. The maximum atomic E-state index is 12.9. The van der Waals surface area contributed by atoms with Crippen LogP contribution in [-0.4, -0.2) is 49.3 Å². The second-order valence-electron chi connectivity index (χ2n) is 7.77. The number of imidazole rings is 1. The summed E-state index contributed by atoms with van der Waals surface area (Å²) in [6, 6.07) is 12.1. The van der Waals surface area contributed by atoms with Crippen LogP contribution in [0.5, 0.6) is 0 Å². The van der Waals surface area contributed by atoms with Gasteiger partial charge in [0.05, 0.1) is 28.8 Å². The summed E-state index contributed by atoms with van der Waals surface area (Å²) in [5, 5.41) is 9.81. The third-order valence-corrected chi connectivity index (χ3v) is 6.07. The molecular weight excluding hydrogens is 475 g/mol. The lowest BCUT2D eigenvalue weighted by Gasteiger charge is -2.16. The number of carbonyl (C=O) groups excluding carboxylic acids is 2. The van der Waals surface area contributed by atoms with Crippen LogP contribution in [0.15, 0.2) is 61.1 Å². The number of rotatable bonds is 8. The van der Waals surface area contributed by atoms with Crippen LogP contribution in [0.2, 0.25) is 10.0 Å². The van der Waals surface area contributed by atoms with Gasteiger partial charge in [-0.15, -0.1) is 0 Å². The average molecular weight is 497 g/mol. The van der Waals surface area contributed by atoms with Gasteiger partial charge in [-0.1, -0.05) is 29.3 Å². The zero-order chi connectivity index (χ0) is 24.2. The van der Waals surface area contributed by atoms with Gasteiger partial charge in [0, 0.05) is 43.1 Å². The highest BCUT2D eigenvalue weighted by Gasteiger charge is 2.18. The van der Waals surface area contributed by atoms with Gasteiger partial charge in [0.25, 0.3) is 5.91 Å². The normalized spacial score (nSPS) is 11.0. The number of nitrogens with one attached hydrogen (secondary N) is 1. The standard InChI is InChI=1S/C24H22Cl2N6O2/c1-30(23(34)19-14-28-10-11-29-19)12-3-13-31-22-18(26)4-2-5-20(22)32(24(31)27)15-21(33)16-6-8-17(25)9-7-16/h2,4-11,14,27H,3,12-13,15H2,1H3. The Hall–Kier alpha value is -3.49. The lowest BCUT2D eigenvalue weighted by molar-refractivity contribution is 0.0785. The Labute approximate surface area is 205 Å². The molecule has 0 spiro atoms. The second-order valence-corrected chi connectivity index (χ2v) is 8.61. The van der Waals surface area contributed by atoms with E-state index in [2.05, 4.69) is 9.97 Å². The van der Waals surface area contributed by atoms with E-state index in [1.165, 1.54) is 18.6 Å². The summed E-state index contributed by atoms with van der Waals surface area (Å²) >= 11 is 12.4. The number of para-hydroxylation sites is 1. The fourth-order valence-corrected chi connectivity index (χ4v) is 4.17. The number of ketones is 1. The highest BCUT2D eigenvalue weighted by molar-refractivity contribution is 6.35. The van der Waals surface area contributed by atoms with E-state index < -0.39 is 0 Å². The SMILES string of the molecule is CN(CCCn1c(=N)n(CC(=O)c2ccc(Cl)cc2)c2cccc(Cl)c21)C(=O)c1cnccn1. The van der Waals surface area contributed by atoms with Gasteiger partial charge in [-0.3, -0.25) is 20.0 Å². The Morgan fingerprint density at radius 3 is 2.53 bits per heavy atom. The lowest BCUT2D eigenvalue weighted by Crippen LogP contribution is -2.31. The molecule has 1 amide bonds. The minimum atomic E-state index is -0.224. The first-order chi connectivity index (χ1) is 16.4. The molecule has 0 aliphatic rings. The van der Waals surface area contributed by atoms with E-state index >= 15 is 0 Å². The number of aryl methyl sites for hydroxylation is 1. The minimum absolute atomic E-state index is 0.00459. The number of nitrogens with zero attached hydrogens (tertiary/aromatic N) is 5. The summed E-state index contributed by atoms with van der Waals surface area (Å²) in [5.74, 6) is -0.360. The third-order valence-electron chi connectivity index (χ3n) is 5.51. The third kappa shape index (κ3) is 4.88. The number of amides is 1. The first-order valence-corrected chi connectivity index (χ1v) is 11.3. The monoisotopic (exact) mass is 496 g/mol. The predicted molar refractivity (Wildman–Crippen MR) is 130 cm³/mol. The Bertz CT molecular complexity index is 1400. The molecule has 0 aliphatic heterocycles. The summed E-state index contributed by atoms with van der Waals surface area (Å²) in [6.45, 7) is 0.886.